The number of hydrogen-bond acceptors (Lipinski definition) is 3. The predicted molar refractivity (Wildman–Crippen MR) is 111 cm³/mol. The predicted octanol–water partition coefficient (Wildman–Crippen LogP) is 5.06. The molecule has 0 heterocycles. The Labute approximate surface area is 166 Å². The Bertz CT molecular complexity index is 910. The van der Waals surface area contributed by atoms with Gasteiger partial charge in [-0.1, -0.05) is 66.7 Å². The number of aryl methyl sites for hydroxylation is 1. The highest BCUT2D eigenvalue weighted by Crippen LogP contribution is 2.15. The van der Waals surface area contributed by atoms with Crippen LogP contribution in [0.15, 0.2) is 78.9 Å². The minimum absolute atomic E-state index is 0.00188. The second-order valence-corrected chi connectivity index (χ2v) is 6.81. The lowest BCUT2D eigenvalue weighted by atomic mass is 9.99. The molecule has 3 rings (SSSR count). The van der Waals surface area contributed by atoms with Crippen molar-refractivity contribution < 1.29 is 14.3 Å². The normalized spacial score (nSPS) is 10.5. The van der Waals surface area contributed by atoms with Crippen LogP contribution in [0.5, 0.6) is 5.75 Å². The molecule has 0 bridgehead atoms. The van der Waals surface area contributed by atoms with E-state index < -0.39 is 0 Å². The first-order valence-electron chi connectivity index (χ1n) is 9.49. The van der Waals surface area contributed by atoms with E-state index >= 15 is 0 Å². The molecule has 0 radical (unpaired) electrons. The third-order valence-electron chi connectivity index (χ3n) is 4.73. The van der Waals surface area contributed by atoms with Gasteiger partial charge in [0.05, 0.1) is 7.11 Å². The Morgan fingerprint density at radius 2 is 1.36 bits per heavy atom. The zero-order valence-electron chi connectivity index (χ0n) is 16.1. The van der Waals surface area contributed by atoms with Gasteiger partial charge >= 0.3 is 0 Å². The fourth-order valence-corrected chi connectivity index (χ4v) is 3.13. The summed E-state index contributed by atoms with van der Waals surface area (Å²) in [6, 6.07) is 24.5. The molecule has 0 unspecified atom stereocenters. The van der Waals surface area contributed by atoms with E-state index in [2.05, 4.69) is 0 Å². The maximum atomic E-state index is 12.4. The fraction of sp³-hybridized carbons (Fsp3) is 0.200. The summed E-state index contributed by atoms with van der Waals surface area (Å²) in [6.07, 6.45) is 2.66. The van der Waals surface area contributed by atoms with Gasteiger partial charge in [-0.2, -0.15) is 0 Å². The molecule has 0 aliphatic rings. The van der Waals surface area contributed by atoms with E-state index in [1.807, 2.05) is 66.7 Å². The number of ketones is 2. The topological polar surface area (TPSA) is 43.4 Å². The molecule has 3 heteroatoms. The molecule has 0 spiro atoms. The molecular formula is C25H24O3. The second kappa shape index (κ2) is 9.65. The van der Waals surface area contributed by atoms with Crippen LogP contribution in [0.2, 0.25) is 0 Å². The lowest BCUT2D eigenvalue weighted by Gasteiger charge is -2.05. The zero-order valence-corrected chi connectivity index (χ0v) is 16.1. The van der Waals surface area contributed by atoms with Crippen molar-refractivity contribution in [3.63, 3.8) is 0 Å². The number of ether oxygens (including phenoxy) is 1. The van der Waals surface area contributed by atoms with Crippen LogP contribution in [0.1, 0.15) is 39.9 Å². The van der Waals surface area contributed by atoms with Crippen LogP contribution in [0, 0.1) is 0 Å². The standard InChI is InChI=1S/C25H24O3/c1-28-24-16-12-19(13-17-24)6-5-9-23(26)18-20-10-14-22(15-11-20)25(27)21-7-3-2-4-8-21/h2-4,7-8,10-17H,5-6,9,18H2,1H3. The number of carbonyl (C=O) groups excluding carboxylic acids is 2. The molecule has 142 valence electrons. The average Bonchev–Trinajstić information content (AvgIpc) is 2.75. The van der Waals surface area contributed by atoms with Crippen molar-refractivity contribution in [1.82, 2.24) is 0 Å². The molecule has 28 heavy (non-hydrogen) atoms. The van der Waals surface area contributed by atoms with Gasteiger partial charge < -0.3 is 4.74 Å². The smallest absolute Gasteiger partial charge is 0.193 e. The van der Waals surface area contributed by atoms with Crippen molar-refractivity contribution in [2.45, 2.75) is 25.7 Å². The number of benzene rings is 3. The maximum Gasteiger partial charge on any atom is 0.193 e. The Kier molecular flexibility index (Phi) is 6.74. The largest absolute Gasteiger partial charge is 0.497 e. The van der Waals surface area contributed by atoms with E-state index in [1.54, 1.807) is 19.2 Å². The van der Waals surface area contributed by atoms with Crippen molar-refractivity contribution >= 4 is 11.6 Å². The quantitative estimate of drug-likeness (QED) is 0.493. The SMILES string of the molecule is COc1ccc(CCCC(=O)Cc2ccc(C(=O)c3ccccc3)cc2)cc1. The first-order valence-corrected chi connectivity index (χ1v) is 9.49. The van der Waals surface area contributed by atoms with E-state index in [9.17, 15) is 9.59 Å². The summed E-state index contributed by atoms with van der Waals surface area (Å²) in [5.74, 6) is 1.06. The van der Waals surface area contributed by atoms with Gasteiger partial charge in [0.2, 0.25) is 0 Å². The van der Waals surface area contributed by atoms with Gasteiger partial charge in [0, 0.05) is 24.0 Å². The van der Waals surface area contributed by atoms with Crippen LogP contribution < -0.4 is 4.74 Å². The minimum Gasteiger partial charge on any atom is -0.497 e. The third-order valence-corrected chi connectivity index (χ3v) is 4.73. The van der Waals surface area contributed by atoms with Crippen molar-refractivity contribution in [3.05, 3.63) is 101 Å². The van der Waals surface area contributed by atoms with Crippen LogP contribution in [-0.4, -0.2) is 18.7 Å². The molecule has 0 saturated carbocycles. The molecule has 0 aliphatic heterocycles. The maximum absolute atomic E-state index is 12.4. The Morgan fingerprint density at radius 3 is 2.00 bits per heavy atom. The Morgan fingerprint density at radius 1 is 0.750 bits per heavy atom. The molecule has 0 atom stereocenters. The molecule has 0 fully saturated rings. The monoisotopic (exact) mass is 372 g/mol. The van der Waals surface area contributed by atoms with Gasteiger partial charge in [0.15, 0.2) is 5.78 Å². The highest BCUT2D eigenvalue weighted by molar-refractivity contribution is 6.08. The van der Waals surface area contributed by atoms with E-state index in [-0.39, 0.29) is 11.6 Å². The van der Waals surface area contributed by atoms with Gasteiger partial charge in [-0.25, -0.2) is 0 Å². The van der Waals surface area contributed by atoms with E-state index in [1.165, 1.54) is 5.56 Å². The second-order valence-electron chi connectivity index (χ2n) is 6.81. The van der Waals surface area contributed by atoms with Crippen molar-refractivity contribution in [3.8, 4) is 5.75 Å². The molecule has 0 saturated heterocycles. The summed E-state index contributed by atoms with van der Waals surface area (Å²) in [4.78, 5) is 24.7. The van der Waals surface area contributed by atoms with E-state index in [0.717, 1.165) is 24.2 Å². The first kappa shape index (κ1) is 19.6. The molecule has 3 nitrogen and oxygen atoms in total. The molecule has 0 amide bonds. The molecule has 0 N–H and O–H groups in total. The highest BCUT2D eigenvalue weighted by Gasteiger charge is 2.09. The summed E-state index contributed by atoms with van der Waals surface area (Å²) in [5, 5.41) is 0. The lowest BCUT2D eigenvalue weighted by molar-refractivity contribution is -0.118. The Hall–Kier alpha value is -3.20. The number of Topliss-reactive ketones (excluding diaryl/α,β-unsaturated/α-hetero) is 1. The van der Waals surface area contributed by atoms with Gasteiger partial charge in [0.25, 0.3) is 0 Å². The fourth-order valence-electron chi connectivity index (χ4n) is 3.13. The highest BCUT2D eigenvalue weighted by atomic mass is 16.5. The van der Waals surface area contributed by atoms with Crippen molar-refractivity contribution in [1.29, 1.82) is 0 Å². The van der Waals surface area contributed by atoms with Crippen molar-refractivity contribution in [2.24, 2.45) is 0 Å². The van der Waals surface area contributed by atoms with Gasteiger partial charge in [-0.3, -0.25) is 9.59 Å². The van der Waals surface area contributed by atoms with Crippen LogP contribution >= 0.6 is 0 Å². The molecule has 0 aromatic heterocycles. The minimum atomic E-state index is -0.00188. The van der Waals surface area contributed by atoms with Gasteiger partial charge in [-0.15, -0.1) is 0 Å². The number of carbonyl (C=O) groups is 2. The summed E-state index contributed by atoms with van der Waals surface area (Å²) >= 11 is 0. The molecular weight excluding hydrogens is 348 g/mol. The Balaban J connectivity index is 1.48. The summed E-state index contributed by atoms with van der Waals surface area (Å²) < 4.78 is 5.15. The molecule has 3 aromatic rings. The summed E-state index contributed by atoms with van der Waals surface area (Å²) in [5.41, 5.74) is 3.46. The number of hydrogen-bond donors (Lipinski definition) is 0. The van der Waals surface area contributed by atoms with E-state index in [4.69, 9.17) is 4.74 Å². The van der Waals surface area contributed by atoms with Crippen LogP contribution in [-0.2, 0) is 17.6 Å². The van der Waals surface area contributed by atoms with Crippen molar-refractivity contribution in [2.75, 3.05) is 7.11 Å². The summed E-state index contributed by atoms with van der Waals surface area (Å²) in [6.45, 7) is 0. The third kappa shape index (κ3) is 5.40. The van der Waals surface area contributed by atoms with Crippen LogP contribution in [0.25, 0.3) is 0 Å². The number of rotatable bonds is 9. The summed E-state index contributed by atoms with van der Waals surface area (Å²) in [7, 11) is 1.65. The molecule has 0 aliphatic carbocycles. The first-order chi connectivity index (χ1) is 13.7. The van der Waals surface area contributed by atoms with Gasteiger partial charge in [-0.05, 0) is 36.1 Å². The van der Waals surface area contributed by atoms with Crippen LogP contribution in [0.3, 0.4) is 0 Å². The molecule has 3 aromatic carbocycles. The lowest BCUT2D eigenvalue weighted by Crippen LogP contribution is -2.05. The zero-order chi connectivity index (χ0) is 19.8. The van der Waals surface area contributed by atoms with E-state index in [0.29, 0.717) is 24.0 Å². The van der Waals surface area contributed by atoms with Crippen LogP contribution in [0.4, 0.5) is 0 Å². The number of methoxy groups -OCH3 is 1. The van der Waals surface area contributed by atoms with Gasteiger partial charge in [0.1, 0.15) is 11.5 Å². The average molecular weight is 372 g/mol.